The minimum Gasteiger partial charge on any atom is -0.349 e. The van der Waals surface area contributed by atoms with Gasteiger partial charge in [0.2, 0.25) is 5.91 Å². The Balaban J connectivity index is 0.00000225. The molecular weight excluding hydrogens is 338 g/mol. The molecule has 0 aromatic heterocycles. The Hall–Kier alpha value is -1.59. The molecule has 0 spiro atoms. The van der Waals surface area contributed by atoms with Gasteiger partial charge in [-0.2, -0.15) is 0 Å². The number of benzene rings is 1. The van der Waals surface area contributed by atoms with Gasteiger partial charge in [0, 0.05) is 31.1 Å². The first-order valence-electron chi connectivity index (χ1n) is 9.00. The molecular formula is C19H28ClN3O2. The maximum atomic E-state index is 12.6. The van der Waals surface area contributed by atoms with Gasteiger partial charge in [0.1, 0.15) is 0 Å². The highest BCUT2D eigenvalue weighted by Crippen LogP contribution is 2.30. The molecule has 1 saturated heterocycles. The lowest BCUT2D eigenvalue weighted by molar-refractivity contribution is -0.128. The molecule has 0 atom stereocenters. The van der Waals surface area contributed by atoms with Crippen LogP contribution in [0.15, 0.2) is 30.3 Å². The summed E-state index contributed by atoms with van der Waals surface area (Å²) in [5.74, 6) is 0.173. The number of hydrogen-bond donors (Lipinski definition) is 2. The Labute approximate surface area is 155 Å². The third kappa shape index (κ3) is 4.53. The highest BCUT2D eigenvalue weighted by atomic mass is 35.5. The van der Waals surface area contributed by atoms with Gasteiger partial charge in [0.15, 0.2) is 0 Å². The molecule has 1 heterocycles. The average Bonchev–Trinajstić information content (AvgIpc) is 3.11. The molecule has 2 amide bonds. The summed E-state index contributed by atoms with van der Waals surface area (Å²) in [6.45, 7) is 1.80. The van der Waals surface area contributed by atoms with Crippen molar-refractivity contribution < 1.29 is 9.59 Å². The lowest BCUT2D eigenvalue weighted by atomic mass is 9.92. The minimum absolute atomic E-state index is 0. The Bertz CT molecular complexity index is 580. The molecule has 2 aliphatic rings. The number of halogens is 1. The zero-order chi connectivity index (χ0) is 17.0. The number of carbonyl (C=O) groups is 2. The van der Waals surface area contributed by atoms with Gasteiger partial charge in [-0.15, -0.1) is 12.4 Å². The fraction of sp³-hybridized carbons (Fsp3) is 0.579. The second-order valence-electron chi connectivity index (χ2n) is 7.11. The van der Waals surface area contributed by atoms with E-state index in [0.717, 1.165) is 38.5 Å². The SMILES string of the molecule is Cl.NCC1(NC(=O)C2CCN(C(=O)c3ccccc3)CC2)CCCC1. The summed E-state index contributed by atoms with van der Waals surface area (Å²) in [4.78, 5) is 26.9. The van der Waals surface area contributed by atoms with Crippen molar-refractivity contribution in [1.82, 2.24) is 10.2 Å². The summed E-state index contributed by atoms with van der Waals surface area (Å²) in [6.07, 6.45) is 5.71. The van der Waals surface area contributed by atoms with E-state index in [1.54, 1.807) is 0 Å². The summed E-state index contributed by atoms with van der Waals surface area (Å²) < 4.78 is 0. The number of rotatable bonds is 4. The molecule has 3 rings (SSSR count). The molecule has 1 aliphatic carbocycles. The van der Waals surface area contributed by atoms with Crippen LogP contribution in [-0.2, 0) is 4.79 Å². The van der Waals surface area contributed by atoms with Crippen molar-refractivity contribution in [3.63, 3.8) is 0 Å². The molecule has 1 saturated carbocycles. The van der Waals surface area contributed by atoms with Crippen LogP contribution < -0.4 is 11.1 Å². The second-order valence-corrected chi connectivity index (χ2v) is 7.11. The van der Waals surface area contributed by atoms with Gasteiger partial charge >= 0.3 is 0 Å². The molecule has 1 aliphatic heterocycles. The number of carbonyl (C=O) groups excluding carboxylic acids is 2. The van der Waals surface area contributed by atoms with E-state index in [2.05, 4.69) is 5.32 Å². The van der Waals surface area contributed by atoms with Gasteiger partial charge in [0.25, 0.3) is 5.91 Å². The van der Waals surface area contributed by atoms with Crippen LogP contribution in [0.5, 0.6) is 0 Å². The van der Waals surface area contributed by atoms with E-state index < -0.39 is 0 Å². The molecule has 138 valence electrons. The quantitative estimate of drug-likeness (QED) is 0.859. The fourth-order valence-electron chi connectivity index (χ4n) is 3.90. The zero-order valence-corrected chi connectivity index (χ0v) is 15.4. The summed E-state index contributed by atoms with van der Waals surface area (Å²) in [6, 6.07) is 9.34. The van der Waals surface area contributed by atoms with Gasteiger partial charge in [-0.3, -0.25) is 9.59 Å². The average molecular weight is 366 g/mol. The number of piperidine rings is 1. The third-order valence-electron chi connectivity index (χ3n) is 5.51. The maximum absolute atomic E-state index is 12.6. The number of likely N-dealkylation sites (tertiary alicyclic amines) is 1. The lowest BCUT2D eigenvalue weighted by Crippen LogP contribution is -2.54. The number of nitrogens with one attached hydrogen (secondary N) is 1. The van der Waals surface area contributed by atoms with Crippen LogP contribution >= 0.6 is 12.4 Å². The predicted molar refractivity (Wildman–Crippen MR) is 101 cm³/mol. The Morgan fingerprint density at radius 3 is 2.28 bits per heavy atom. The normalized spacial score (nSPS) is 20.0. The monoisotopic (exact) mass is 365 g/mol. The number of hydrogen-bond acceptors (Lipinski definition) is 3. The van der Waals surface area contributed by atoms with Crippen LogP contribution in [0.1, 0.15) is 48.9 Å². The van der Waals surface area contributed by atoms with Crippen LogP contribution in [-0.4, -0.2) is 41.9 Å². The van der Waals surface area contributed by atoms with Crippen LogP contribution in [0, 0.1) is 5.92 Å². The number of nitrogens with zero attached hydrogens (tertiary/aromatic N) is 1. The van der Waals surface area contributed by atoms with E-state index in [9.17, 15) is 9.59 Å². The Morgan fingerprint density at radius 1 is 1.12 bits per heavy atom. The fourth-order valence-corrected chi connectivity index (χ4v) is 3.90. The van der Waals surface area contributed by atoms with E-state index in [1.807, 2.05) is 35.2 Å². The Morgan fingerprint density at radius 2 is 1.72 bits per heavy atom. The maximum Gasteiger partial charge on any atom is 0.253 e. The van der Waals surface area contributed by atoms with Crippen molar-refractivity contribution in [2.24, 2.45) is 11.7 Å². The molecule has 0 unspecified atom stereocenters. The topological polar surface area (TPSA) is 75.4 Å². The predicted octanol–water partition coefficient (Wildman–Crippen LogP) is 2.35. The standard InChI is InChI=1S/C19H27N3O2.ClH/c20-14-19(10-4-5-11-19)21-17(23)15-8-12-22(13-9-15)18(24)16-6-2-1-3-7-16;/h1-3,6-7,15H,4-5,8-14,20H2,(H,21,23);1H. The molecule has 1 aromatic rings. The van der Waals surface area contributed by atoms with Gasteiger partial charge in [-0.1, -0.05) is 31.0 Å². The minimum atomic E-state index is -0.186. The molecule has 6 heteroatoms. The van der Waals surface area contributed by atoms with E-state index in [1.165, 1.54) is 0 Å². The summed E-state index contributed by atoms with van der Waals surface area (Å²) in [5, 5.41) is 3.22. The zero-order valence-electron chi connectivity index (χ0n) is 14.6. The van der Waals surface area contributed by atoms with Crippen molar-refractivity contribution in [3.05, 3.63) is 35.9 Å². The highest BCUT2D eigenvalue weighted by Gasteiger charge is 2.36. The van der Waals surface area contributed by atoms with E-state index >= 15 is 0 Å². The van der Waals surface area contributed by atoms with Crippen molar-refractivity contribution in [1.29, 1.82) is 0 Å². The molecule has 0 bridgehead atoms. The summed E-state index contributed by atoms with van der Waals surface area (Å²) in [5.41, 5.74) is 6.43. The van der Waals surface area contributed by atoms with Gasteiger partial charge in [-0.05, 0) is 37.8 Å². The van der Waals surface area contributed by atoms with Crippen molar-refractivity contribution in [3.8, 4) is 0 Å². The van der Waals surface area contributed by atoms with Crippen molar-refractivity contribution in [2.45, 2.75) is 44.1 Å². The second kappa shape index (κ2) is 8.68. The van der Waals surface area contributed by atoms with E-state index in [0.29, 0.717) is 25.2 Å². The third-order valence-corrected chi connectivity index (χ3v) is 5.51. The first-order valence-corrected chi connectivity index (χ1v) is 9.00. The summed E-state index contributed by atoms with van der Waals surface area (Å²) in [7, 11) is 0. The lowest BCUT2D eigenvalue weighted by Gasteiger charge is -2.35. The van der Waals surface area contributed by atoms with Crippen LogP contribution in [0.3, 0.4) is 0 Å². The molecule has 5 nitrogen and oxygen atoms in total. The highest BCUT2D eigenvalue weighted by molar-refractivity contribution is 5.94. The van der Waals surface area contributed by atoms with Gasteiger partial charge < -0.3 is 16.0 Å². The summed E-state index contributed by atoms with van der Waals surface area (Å²) >= 11 is 0. The Kier molecular flexibility index (Phi) is 6.85. The molecule has 1 aromatic carbocycles. The number of nitrogens with two attached hydrogens (primary N) is 1. The molecule has 2 fully saturated rings. The van der Waals surface area contributed by atoms with Gasteiger partial charge in [-0.25, -0.2) is 0 Å². The molecule has 0 radical (unpaired) electrons. The molecule has 3 N–H and O–H groups in total. The smallest absolute Gasteiger partial charge is 0.253 e. The largest absolute Gasteiger partial charge is 0.349 e. The van der Waals surface area contributed by atoms with Crippen LogP contribution in [0.4, 0.5) is 0 Å². The molecule has 25 heavy (non-hydrogen) atoms. The van der Waals surface area contributed by atoms with Crippen molar-refractivity contribution in [2.75, 3.05) is 19.6 Å². The number of amides is 2. The van der Waals surface area contributed by atoms with Crippen molar-refractivity contribution >= 4 is 24.2 Å². The van der Waals surface area contributed by atoms with Gasteiger partial charge in [0.05, 0.1) is 5.54 Å². The first kappa shape index (κ1) is 19.7. The van der Waals surface area contributed by atoms with Crippen LogP contribution in [0.25, 0.3) is 0 Å². The van der Waals surface area contributed by atoms with E-state index in [-0.39, 0.29) is 35.7 Å². The first-order chi connectivity index (χ1) is 11.6. The van der Waals surface area contributed by atoms with E-state index in [4.69, 9.17) is 5.73 Å². The van der Waals surface area contributed by atoms with Crippen LogP contribution in [0.2, 0.25) is 0 Å².